The van der Waals surface area contributed by atoms with Gasteiger partial charge in [0.25, 0.3) is 0 Å². The molecule has 0 unspecified atom stereocenters. The maximum Gasteiger partial charge on any atom is 0.335 e. The second-order valence-electron chi connectivity index (χ2n) is 10.1. The summed E-state index contributed by atoms with van der Waals surface area (Å²) in [5.41, 5.74) is 3.10. The molecule has 4 aromatic rings. The molecule has 2 aromatic heterocycles. The van der Waals surface area contributed by atoms with Gasteiger partial charge in [0, 0.05) is 36.8 Å². The third-order valence-electron chi connectivity index (χ3n) is 7.41. The highest BCUT2D eigenvalue weighted by Gasteiger charge is 2.24. The number of fused-ring (bicyclic) bond motifs is 1. The van der Waals surface area contributed by atoms with Crippen LogP contribution in [0.3, 0.4) is 0 Å². The number of carbonyl (C=O) groups is 1. The first-order valence-electron chi connectivity index (χ1n) is 13.3. The fraction of sp³-hybridized carbons (Fsp3) is 0.310. The summed E-state index contributed by atoms with van der Waals surface area (Å²) in [6, 6.07) is 9.36. The molecule has 4 heterocycles. The summed E-state index contributed by atoms with van der Waals surface area (Å²) < 4.78 is 36.6. The molecule has 0 amide bonds. The van der Waals surface area contributed by atoms with Crippen molar-refractivity contribution in [3.8, 4) is 0 Å². The van der Waals surface area contributed by atoms with Crippen molar-refractivity contribution in [3.63, 3.8) is 0 Å². The van der Waals surface area contributed by atoms with Gasteiger partial charge in [-0.2, -0.15) is 0 Å². The van der Waals surface area contributed by atoms with Gasteiger partial charge in [0.05, 0.1) is 42.0 Å². The Labute approximate surface area is 239 Å². The van der Waals surface area contributed by atoms with E-state index in [0.717, 1.165) is 41.7 Å². The minimum absolute atomic E-state index is 0.0761. The third-order valence-corrected chi connectivity index (χ3v) is 7.65. The predicted molar refractivity (Wildman–Crippen MR) is 150 cm³/mol. The van der Waals surface area contributed by atoms with E-state index >= 15 is 0 Å². The molecule has 41 heavy (non-hydrogen) atoms. The summed E-state index contributed by atoms with van der Waals surface area (Å²) in [5, 5.41) is 12.7. The number of halogens is 3. The molecule has 9 nitrogen and oxygen atoms in total. The first-order chi connectivity index (χ1) is 19.8. The smallest absolute Gasteiger partial charge is 0.335 e. The molecule has 2 aliphatic heterocycles. The van der Waals surface area contributed by atoms with Crippen LogP contribution in [0.1, 0.15) is 40.3 Å². The van der Waals surface area contributed by atoms with E-state index < -0.39 is 17.6 Å². The van der Waals surface area contributed by atoms with Crippen molar-refractivity contribution in [2.45, 2.75) is 38.6 Å². The van der Waals surface area contributed by atoms with Crippen molar-refractivity contribution >= 4 is 40.1 Å². The van der Waals surface area contributed by atoms with Crippen molar-refractivity contribution in [3.05, 3.63) is 88.0 Å². The van der Waals surface area contributed by atoms with E-state index in [1.54, 1.807) is 30.3 Å². The summed E-state index contributed by atoms with van der Waals surface area (Å²) in [7, 11) is 0. The average Bonchev–Trinajstić information content (AvgIpc) is 3.27. The summed E-state index contributed by atoms with van der Waals surface area (Å²) in [4.78, 5) is 26.9. The molecule has 1 saturated heterocycles. The van der Waals surface area contributed by atoms with Crippen LogP contribution in [0.2, 0.25) is 5.02 Å². The van der Waals surface area contributed by atoms with Crippen LogP contribution in [-0.4, -0.2) is 61.3 Å². The van der Waals surface area contributed by atoms with E-state index in [-0.39, 0.29) is 29.9 Å². The number of rotatable bonds is 9. The summed E-state index contributed by atoms with van der Waals surface area (Å²) >= 11 is 5.82. The monoisotopic (exact) mass is 580 g/mol. The lowest BCUT2D eigenvalue weighted by molar-refractivity contribution is -0.0591. The quantitative estimate of drug-likeness (QED) is 0.280. The first kappa shape index (κ1) is 27.3. The lowest BCUT2D eigenvalue weighted by Gasteiger charge is -2.29. The average molecular weight is 581 g/mol. The molecule has 0 saturated carbocycles. The Morgan fingerprint density at radius 3 is 2.73 bits per heavy atom. The lowest BCUT2D eigenvalue weighted by atomic mass is 10.0. The van der Waals surface area contributed by atoms with E-state index in [2.05, 4.69) is 24.8 Å². The van der Waals surface area contributed by atoms with E-state index in [0.29, 0.717) is 43.2 Å². The molecule has 6 rings (SSSR count). The third kappa shape index (κ3) is 5.92. The van der Waals surface area contributed by atoms with Crippen LogP contribution in [0, 0.1) is 11.6 Å². The van der Waals surface area contributed by atoms with Gasteiger partial charge in [-0.3, -0.25) is 4.90 Å². The molecular weight excluding hydrogens is 554 g/mol. The fourth-order valence-electron chi connectivity index (χ4n) is 5.05. The Hall–Kier alpha value is -3.93. The Bertz CT molecular complexity index is 1660. The molecule has 12 heteroatoms. The van der Waals surface area contributed by atoms with Crippen molar-refractivity contribution in [1.29, 1.82) is 0 Å². The Kier molecular flexibility index (Phi) is 7.65. The molecule has 0 aliphatic carbocycles. The maximum atomic E-state index is 14.7. The molecule has 0 bridgehead atoms. The molecule has 2 aliphatic rings. The lowest BCUT2D eigenvalue weighted by Crippen LogP contribution is -2.33. The molecule has 1 fully saturated rings. The largest absolute Gasteiger partial charge is 0.478 e. The summed E-state index contributed by atoms with van der Waals surface area (Å²) in [5.74, 6) is -0.930. The molecule has 2 N–H and O–H groups in total. The second kappa shape index (κ2) is 11.5. The van der Waals surface area contributed by atoms with E-state index in [1.807, 2.05) is 6.08 Å². The minimum Gasteiger partial charge on any atom is -0.478 e. The standard InChI is InChI=1S/C29H27ClF2N6O3/c30-20-3-1-19(22(31)12-20)13-33-29-34-14-23(32)27(36-29)17-5-8-37(9-6-17)16-26-35-24-4-2-18(28(39)40)11-25(24)38(26)15-21-7-10-41-21/h1-5,11-12,14,21H,6-10,13,15-16H2,(H,39,40)(H,33,34,36)/t21-/m0/s1. The molecular formula is C29H27ClF2N6O3. The van der Waals surface area contributed by atoms with Crippen molar-refractivity contribution in [2.75, 3.05) is 25.0 Å². The second-order valence-corrected chi connectivity index (χ2v) is 10.6. The van der Waals surface area contributed by atoms with Crippen LogP contribution >= 0.6 is 11.6 Å². The number of imidazole rings is 1. The number of aromatic carboxylic acids is 1. The number of aromatic nitrogens is 4. The minimum atomic E-state index is -0.984. The van der Waals surface area contributed by atoms with E-state index in [1.165, 1.54) is 6.07 Å². The zero-order chi connectivity index (χ0) is 28.5. The van der Waals surface area contributed by atoms with Gasteiger partial charge in [-0.25, -0.2) is 28.5 Å². The van der Waals surface area contributed by atoms with Crippen molar-refractivity contribution < 1.29 is 23.4 Å². The number of nitrogens with zero attached hydrogens (tertiary/aromatic N) is 5. The van der Waals surface area contributed by atoms with Gasteiger partial charge in [0.1, 0.15) is 17.3 Å². The van der Waals surface area contributed by atoms with Crippen LogP contribution < -0.4 is 5.32 Å². The topological polar surface area (TPSA) is 105 Å². The number of benzene rings is 2. The molecule has 0 radical (unpaired) electrons. The SMILES string of the molecule is O=C(O)c1ccc2nc(CN3CC=C(c4nc(NCc5ccc(Cl)cc5F)ncc4F)CC3)n(C[C@@H]3CCO3)c2c1. The highest BCUT2D eigenvalue weighted by molar-refractivity contribution is 6.30. The number of anilines is 1. The zero-order valence-electron chi connectivity index (χ0n) is 22.0. The number of nitrogens with one attached hydrogen (secondary N) is 1. The Balaban J connectivity index is 1.17. The van der Waals surface area contributed by atoms with Crippen LogP contribution in [0.15, 0.2) is 48.7 Å². The summed E-state index contributed by atoms with van der Waals surface area (Å²) in [6.07, 6.45) is 4.65. The number of hydrogen-bond acceptors (Lipinski definition) is 7. The number of ether oxygens (including phenoxy) is 1. The van der Waals surface area contributed by atoms with Crippen molar-refractivity contribution in [2.24, 2.45) is 0 Å². The Morgan fingerprint density at radius 2 is 2.02 bits per heavy atom. The zero-order valence-corrected chi connectivity index (χ0v) is 22.7. The highest BCUT2D eigenvalue weighted by Crippen LogP contribution is 2.27. The fourth-order valence-corrected chi connectivity index (χ4v) is 5.21. The van der Waals surface area contributed by atoms with Gasteiger partial charge in [0.15, 0.2) is 5.82 Å². The first-order valence-corrected chi connectivity index (χ1v) is 13.7. The van der Waals surface area contributed by atoms with E-state index in [4.69, 9.17) is 21.3 Å². The van der Waals surface area contributed by atoms with Crippen LogP contribution in [0.25, 0.3) is 16.6 Å². The molecule has 212 valence electrons. The van der Waals surface area contributed by atoms with Gasteiger partial charge < -0.3 is 19.7 Å². The van der Waals surface area contributed by atoms with Crippen molar-refractivity contribution in [1.82, 2.24) is 24.4 Å². The number of carboxylic acids is 1. The van der Waals surface area contributed by atoms with Gasteiger partial charge in [-0.05, 0) is 48.7 Å². The number of hydrogen-bond donors (Lipinski definition) is 2. The molecule has 2 aromatic carbocycles. The highest BCUT2D eigenvalue weighted by atomic mass is 35.5. The van der Waals surface area contributed by atoms with Crippen LogP contribution in [0.5, 0.6) is 0 Å². The molecule has 0 spiro atoms. The van der Waals surface area contributed by atoms with E-state index in [9.17, 15) is 18.7 Å². The van der Waals surface area contributed by atoms with Gasteiger partial charge in [-0.15, -0.1) is 0 Å². The number of carboxylic acid groups (broad SMARTS) is 1. The van der Waals surface area contributed by atoms with Gasteiger partial charge in [-0.1, -0.05) is 23.7 Å². The normalized spacial score (nSPS) is 17.3. The van der Waals surface area contributed by atoms with Gasteiger partial charge >= 0.3 is 5.97 Å². The van der Waals surface area contributed by atoms with Crippen LogP contribution in [0.4, 0.5) is 14.7 Å². The molecule has 1 atom stereocenters. The summed E-state index contributed by atoms with van der Waals surface area (Å²) in [6.45, 7) is 3.20. The maximum absolute atomic E-state index is 14.7. The van der Waals surface area contributed by atoms with Crippen LogP contribution in [-0.2, 0) is 24.4 Å². The predicted octanol–water partition coefficient (Wildman–Crippen LogP) is 5.15. The Morgan fingerprint density at radius 1 is 1.17 bits per heavy atom. The van der Waals surface area contributed by atoms with Gasteiger partial charge in [0.2, 0.25) is 5.95 Å².